The fourth-order valence-corrected chi connectivity index (χ4v) is 1.62. The van der Waals surface area contributed by atoms with Crippen LogP contribution in [0.1, 0.15) is 22.7 Å². The smallest absolute Gasteiger partial charge is 0.251 e. The number of nitrogens with zero attached hydrogens (tertiary/aromatic N) is 2. The standard InChI is InChI=1S/C13H14N4O3/c1-15-13(19)9-4-2-8(3-5-9)12-16-11(20-17-12)7-6-10(14)18/h2-5H,6-7H2,1H3,(H2,14,18)(H,15,19). The lowest BCUT2D eigenvalue weighted by Gasteiger charge is -1.99. The Kier molecular flexibility index (Phi) is 4.09. The molecule has 0 saturated carbocycles. The molecule has 0 aliphatic rings. The molecule has 0 radical (unpaired) electrons. The lowest BCUT2D eigenvalue weighted by molar-refractivity contribution is -0.118. The second-order valence-corrected chi connectivity index (χ2v) is 4.13. The molecule has 7 nitrogen and oxygen atoms in total. The van der Waals surface area contributed by atoms with Gasteiger partial charge in [-0.2, -0.15) is 4.98 Å². The van der Waals surface area contributed by atoms with Crippen molar-refractivity contribution >= 4 is 11.8 Å². The van der Waals surface area contributed by atoms with E-state index in [0.29, 0.717) is 23.7 Å². The molecule has 2 rings (SSSR count). The SMILES string of the molecule is CNC(=O)c1ccc(-c2noc(CCC(N)=O)n2)cc1. The largest absolute Gasteiger partial charge is 0.370 e. The Hall–Kier alpha value is -2.70. The van der Waals surface area contributed by atoms with E-state index in [1.54, 1.807) is 31.3 Å². The van der Waals surface area contributed by atoms with Gasteiger partial charge in [0.15, 0.2) is 0 Å². The van der Waals surface area contributed by atoms with Crippen LogP contribution in [0.2, 0.25) is 0 Å². The zero-order valence-electron chi connectivity index (χ0n) is 10.9. The molecule has 3 N–H and O–H groups in total. The highest BCUT2D eigenvalue weighted by molar-refractivity contribution is 5.94. The van der Waals surface area contributed by atoms with Gasteiger partial charge in [-0.1, -0.05) is 17.3 Å². The van der Waals surface area contributed by atoms with Gasteiger partial charge in [0.25, 0.3) is 5.91 Å². The van der Waals surface area contributed by atoms with Gasteiger partial charge in [-0.25, -0.2) is 0 Å². The van der Waals surface area contributed by atoms with Crippen molar-refractivity contribution in [2.45, 2.75) is 12.8 Å². The van der Waals surface area contributed by atoms with E-state index in [2.05, 4.69) is 15.5 Å². The number of nitrogens with one attached hydrogen (secondary N) is 1. The minimum atomic E-state index is -0.417. The zero-order valence-corrected chi connectivity index (χ0v) is 10.9. The van der Waals surface area contributed by atoms with Crippen LogP contribution in [0.25, 0.3) is 11.4 Å². The molecule has 1 aromatic heterocycles. The molecule has 1 aromatic carbocycles. The van der Waals surface area contributed by atoms with Gasteiger partial charge in [-0.05, 0) is 12.1 Å². The summed E-state index contributed by atoms with van der Waals surface area (Å²) in [4.78, 5) is 26.2. The summed E-state index contributed by atoms with van der Waals surface area (Å²) in [6, 6.07) is 6.81. The number of hydrogen-bond donors (Lipinski definition) is 2. The van der Waals surface area contributed by atoms with Crippen LogP contribution in [0.15, 0.2) is 28.8 Å². The number of carbonyl (C=O) groups excluding carboxylic acids is 2. The number of hydrogen-bond acceptors (Lipinski definition) is 5. The normalized spacial score (nSPS) is 10.2. The van der Waals surface area contributed by atoms with Gasteiger partial charge in [0.05, 0.1) is 0 Å². The maximum atomic E-state index is 11.4. The Morgan fingerprint density at radius 3 is 2.60 bits per heavy atom. The molecule has 2 amide bonds. The molecule has 7 heteroatoms. The molecule has 20 heavy (non-hydrogen) atoms. The summed E-state index contributed by atoms with van der Waals surface area (Å²) in [6.45, 7) is 0. The van der Waals surface area contributed by atoms with Gasteiger partial charge in [-0.3, -0.25) is 9.59 Å². The fraction of sp³-hybridized carbons (Fsp3) is 0.231. The van der Waals surface area contributed by atoms with Crippen LogP contribution in [-0.2, 0) is 11.2 Å². The monoisotopic (exact) mass is 274 g/mol. The Labute approximate surface area is 115 Å². The van der Waals surface area contributed by atoms with Crippen molar-refractivity contribution in [3.05, 3.63) is 35.7 Å². The van der Waals surface area contributed by atoms with E-state index in [1.165, 1.54) is 0 Å². The lowest BCUT2D eigenvalue weighted by Crippen LogP contribution is -2.17. The molecule has 2 aromatic rings. The van der Waals surface area contributed by atoms with Gasteiger partial charge in [0.1, 0.15) is 0 Å². The van der Waals surface area contributed by atoms with Crippen LogP contribution in [0.3, 0.4) is 0 Å². The molecule has 0 aliphatic heterocycles. The molecule has 0 aliphatic carbocycles. The highest BCUT2D eigenvalue weighted by Gasteiger charge is 2.10. The van der Waals surface area contributed by atoms with E-state index in [4.69, 9.17) is 10.3 Å². The second kappa shape index (κ2) is 5.96. The topological polar surface area (TPSA) is 111 Å². The third-order valence-electron chi connectivity index (χ3n) is 2.69. The van der Waals surface area contributed by atoms with Crippen molar-refractivity contribution in [1.29, 1.82) is 0 Å². The summed E-state index contributed by atoms with van der Waals surface area (Å²) in [7, 11) is 1.57. The molecular formula is C13H14N4O3. The predicted octanol–water partition coefficient (Wildman–Crippen LogP) is 0.514. The predicted molar refractivity (Wildman–Crippen MR) is 70.6 cm³/mol. The first-order chi connectivity index (χ1) is 9.60. The maximum absolute atomic E-state index is 11.4. The molecule has 1 heterocycles. The van der Waals surface area contributed by atoms with E-state index in [9.17, 15) is 9.59 Å². The summed E-state index contributed by atoms with van der Waals surface area (Å²) in [5.41, 5.74) is 6.33. The van der Waals surface area contributed by atoms with Gasteiger partial charge >= 0.3 is 0 Å². The number of nitrogens with two attached hydrogens (primary N) is 1. The number of carbonyl (C=O) groups is 2. The molecule has 0 saturated heterocycles. The van der Waals surface area contributed by atoms with Gasteiger partial charge < -0.3 is 15.6 Å². The van der Waals surface area contributed by atoms with Crippen LogP contribution < -0.4 is 11.1 Å². The third-order valence-corrected chi connectivity index (χ3v) is 2.69. The Balaban J connectivity index is 2.11. The van der Waals surface area contributed by atoms with Crippen LogP contribution in [0.4, 0.5) is 0 Å². The van der Waals surface area contributed by atoms with Gasteiger partial charge in [-0.15, -0.1) is 0 Å². The first kappa shape index (κ1) is 13.7. The zero-order chi connectivity index (χ0) is 14.5. The van der Waals surface area contributed by atoms with E-state index in [1.807, 2.05) is 0 Å². The first-order valence-corrected chi connectivity index (χ1v) is 6.03. The molecular weight excluding hydrogens is 260 g/mol. The minimum absolute atomic E-state index is 0.160. The fourth-order valence-electron chi connectivity index (χ4n) is 1.62. The number of aryl methyl sites for hydroxylation is 1. The maximum Gasteiger partial charge on any atom is 0.251 e. The highest BCUT2D eigenvalue weighted by atomic mass is 16.5. The Morgan fingerprint density at radius 2 is 2.00 bits per heavy atom. The number of rotatable bonds is 5. The Bertz CT molecular complexity index is 619. The van der Waals surface area contributed by atoms with Crippen LogP contribution in [0, 0.1) is 0 Å². The summed E-state index contributed by atoms with van der Waals surface area (Å²) in [5, 5.41) is 6.36. The van der Waals surface area contributed by atoms with Gasteiger partial charge in [0, 0.05) is 31.0 Å². The van der Waals surface area contributed by atoms with Crippen LogP contribution in [0.5, 0.6) is 0 Å². The van der Waals surface area contributed by atoms with E-state index in [0.717, 1.165) is 5.56 Å². The highest BCUT2D eigenvalue weighted by Crippen LogP contribution is 2.17. The van der Waals surface area contributed by atoms with Crippen molar-refractivity contribution in [3.63, 3.8) is 0 Å². The van der Waals surface area contributed by atoms with Crippen molar-refractivity contribution in [2.75, 3.05) is 7.05 Å². The van der Waals surface area contributed by atoms with E-state index < -0.39 is 5.91 Å². The van der Waals surface area contributed by atoms with E-state index in [-0.39, 0.29) is 12.3 Å². The van der Waals surface area contributed by atoms with Crippen molar-refractivity contribution < 1.29 is 14.1 Å². The molecule has 104 valence electrons. The van der Waals surface area contributed by atoms with Crippen molar-refractivity contribution in [2.24, 2.45) is 5.73 Å². The number of amides is 2. The van der Waals surface area contributed by atoms with Crippen molar-refractivity contribution in [1.82, 2.24) is 15.5 Å². The number of primary amides is 1. The average Bonchev–Trinajstić information content (AvgIpc) is 2.93. The molecule has 0 unspecified atom stereocenters. The second-order valence-electron chi connectivity index (χ2n) is 4.13. The van der Waals surface area contributed by atoms with Gasteiger partial charge in [0.2, 0.25) is 17.6 Å². The molecule has 0 bridgehead atoms. The van der Waals surface area contributed by atoms with Crippen LogP contribution >= 0.6 is 0 Å². The number of benzene rings is 1. The summed E-state index contributed by atoms with van der Waals surface area (Å²) in [6.07, 6.45) is 0.482. The first-order valence-electron chi connectivity index (χ1n) is 6.03. The summed E-state index contributed by atoms with van der Waals surface area (Å²) < 4.78 is 5.02. The number of aromatic nitrogens is 2. The average molecular weight is 274 g/mol. The van der Waals surface area contributed by atoms with Crippen LogP contribution in [-0.4, -0.2) is 29.0 Å². The molecule has 0 spiro atoms. The third kappa shape index (κ3) is 3.19. The quantitative estimate of drug-likeness (QED) is 0.825. The molecule has 0 atom stereocenters. The summed E-state index contributed by atoms with van der Waals surface area (Å²) in [5.74, 6) is 0.189. The van der Waals surface area contributed by atoms with Crippen molar-refractivity contribution in [3.8, 4) is 11.4 Å². The Morgan fingerprint density at radius 1 is 1.30 bits per heavy atom. The summed E-state index contributed by atoms with van der Waals surface area (Å²) >= 11 is 0. The van der Waals surface area contributed by atoms with E-state index >= 15 is 0 Å². The minimum Gasteiger partial charge on any atom is -0.370 e. The lowest BCUT2D eigenvalue weighted by atomic mass is 10.1. The molecule has 0 fully saturated rings.